The summed E-state index contributed by atoms with van der Waals surface area (Å²) >= 11 is 0. The first-order chi connectivity index (χ1) is 12.3. The highest BCUT2D eigenvalue weighted by Crippen LogP contribution is 2.11. The average molecular weight is 335 g/mol. The van der Waals surface area contributed by atoms with Crippen LogP contribution in [0.3, 0.4) is 0 Å². The molecule has 0 amide bonds. The lowest BCUT2D eigenvalue weighted by Crippen LogP contribution is -2.37. The Balaban J connectivity index is 1.42. The van der Waals surface area contributed by atoms with Crippen LogP contribution in [0.5, 0.6) is 0 Å². The van der Waals surface area contributed by atoms with Crippen LogP contribution in [0, 0.1) is 0 Å². The van der Waals surface area contributed by atoms with E-state index in [4.69, 9.17) is 4.74 Å². The quantitative estimate of drug-likeness (QED) is 0.490. The van der Waals surface area contributed by atoms with Gasteiger partial charge in [0.05, 0.1) is 12.1 Å². The predicted octanol–water partition coefficient (Wildman–Crippen LogP) is 2.35. The third-order valence-electron chi connectivity index (χ3n) is 3.66. The zero-order valence-electron chi connectivity index (χ0n) is 13.8. The lowest BCUT2D eigenvalue weighted by atomic mass is 10.2. The molecule has 6 nitrogen and oxygen atoms in total. The van der Waals surface area contributed by atoms with Crippen LogP contribution >= 0.6 is 0 Å². The molecule has 0 N–H and O–H groups in total. The Morgan fingerprint density at radius 2 is 2.00 bits per heavy atom. The van der Waals surface area contributed by atoms with Crippen molar-refractivity contribution in [2.24, 2.45) is 0 Å². The van der Waals surface area contributed by atoms with Gasteiger partial charge in [0.1, 0.15) is 19.1 Å². The number of nitrogens with zero attached hydrogens (tertiary/aromatic N) is 4. The molecule has 0 aliphatic rings. The number of ether oxygens (including phenoxy) is 1. The van der Waals surface area contributed by atoms with Crippen LogP contribution in [-0.4, -0.2) is 21.0 Å². The smallest absolute Gasteiger partial charge is 0.306 e. The first-order valence-corrected chi connectivity index (χ1v) is 8.13. The summed E-state index contributed by atoms with van der Waals surface area (Å²) in [5, 5.41) is 4.35. The minimum absolute atomic E-state index is 0.193. The third-order valence-corrected chi connectivity index (χ3v) is 3.66. The van der Waals surface area contributed by atoms with Gasteiger partial charge in [-0.2, -0.15) is 0 Å². The second kappa shape index (κ2) is 8.63. The number of carbonyl (C=O) groups excluding carboxylic acids is 1. The summed E-state index contributed by atoms with van der Waals surface area (Å²) in [4.78, 5) is 19.9. The summed E-state index contributed by atoms with van der Waals surface area (Å²) in [6.07, 6.45) is 7.90. The SMILES string of the molecule is O=C(CCC[n+]1ccc(-c2ccncn2)cn1)OCc1ccccc1. The Bertz CT molecular complexity index is 793. The van der Waals surface area contributed by atoms with Crippen molar-refractivity contribution in [2.45, 2.75) is 26.0 Å². The van der Waals surface area contributed by atoms with Gasteiger partial charge in [-0.25, -0.2) is 9.97 Å². The van der Waals surface area contributed by atoms with Crippen LogP contribution in [0.15, 0.2) is 67.4 Å². The molecular weight excluding hydrogens is 316 g/mol. The monoisotopic (exact) mass is 335 g/mol. The van der Waals surface area contributed by atoms with Gasteiger partial charge in [0.15, 0.2) is 12.7 Å². The molecule has 0 spiro atoms. The standard InChI is InChI=1S/C19H19N4O2/c24-19(25-14-16-5-2-1-3-6-16)7-4-11-23-12-9-17(13-22-23)18-8-10-20-15-21-18/h1-3,5-6,8-10,12-13,15H,4,7,11,14H2/q+1. The van der Waals surface area contributed by atoms with Gasteiger partial charge in [-0.3, -0.25) is 4.79 Å². The van der Waals surface area contributed by atoms with Gasteiger partial charge in [0, 0.05) is 24.2 Å². The average Bonchev–Trinajstić information content (AvgIpc) is 2.68. The second-order valence-electron chi connectivity index (χ2n) is 5.52. The van der Waals surface area contributed by atoms with Crippen LogP contribution < -0.4 is 4.68 Å². The summed E-state index contributed by atoms with van der Waals surface area (Å²) in [5.41, 5.74) is 2.76. The fourth-order valence-corrected chi connectivity index (χ4v) is 2.33. The van der Waals surface area contributed by atoms with E-state index in [-0.39, 0.29) is 5.97 Å². The first-order valence-electron chi connectivity index (χ1n) is 8.13. The molecular formula is C19H19N4O2+. The maximum Gasteiger partial charge on any atom is 0.306 e. The van der Waals surface area contributed by atoms with E-state index in [1.807, 2.05) is 48.7 Å². The molecule has 1 aromatic carbocycles. The van der Waals surface area contributed by atoms with Gasteiger partial charge < -0.3 is 4.74 Å². The highest BCUT2D eigenvalue weighted by molar-refractivity contribution is 5.69. The van der Waals surface area contributed by atoms with E-state index in [2.05, 4.69) is 15.1 Å². The lowest BCUT2D eigenvalue weighted by Gasteiger charge is -2.03. The Morgan fingerprint density at radius 1 is 1.12 bits per heavy atom. The summed E-state index contributed by atoms with van der Waals surface area (Å²) in [7, 11) is 0. The second-order valence-corrected chi connectivity index (χ2v) is 5.52. The molecule has 0 saturated heterocycles. The van der Waals surface area contributed by atoms with Crippen LogP contribution in [0.2, 0.25) is 0 Å². The van der Waals surface area contributed by atoms with Crippen molar-refractivity contribution in [3.8, 4) is 11.3 Å². The van der Waals surface area contributed by atoms with Crippen LogP contribution in [0.25, 0.3) is 11.3 Å². The number of aryl methyl sites for hydroxylation is 1. The topological polar surface area (TPSA) is 68.9 Å². The highest BCUT2D eigenvalue weighted by atomic mass is 16.5. The van der Waals surface area contributed by atoms with E-state index in [1.165, 1.54) is 6.33 Å². The van der Waals surface area contributed by atoms with E-state index in [9.17, 15) is 4.79 Å². The molecule has 2 aromatic heterocycles. The van der Waals surface area contributed by atoms with E-state index in [0.29, 0.717) is 26.0 Å². The van der Waals surface area contributed by atoms with Crippen molar-refractivity contribution >= 4 is 5.97 Å². The molecule has 0 unspecified atom stereocenters. The molecule has 0 atom stereocenters. The van der Waals surface area contributed by atoms with Crippen molar-refractivity contribution in [3.05, 3.63) is 72.9 Å². The van der Waals surface area contributed by atoms with Gasteiger partial charge in [-0.15, -0.1) is 0 Å². The molecule has 0 radical (unpaired) electrons. The molecule has 126 valence electrons. The van der Waals surface area contributed by atoms with Crippen LogP contribution in [0.1, 0.15) is 18.4 Å². The number of rotatable bonds is 7. The number of aromatic nitrogens is 4. The number of hydrogen-bond acceptors (Lipinski definition) is 5. The van der Waals surface area contributed by atoms with Gasteiger partial charge in [-0.1, -0.05) is 35.0 Å². The normalized spacial score (nSPS) is 10.4. The predicted molar refractivity (Wildman–Crippen MR) is 90.9 cm³/mol. The Hall–Kier alpha value is -3.15. The van der Waals surface area contributed by atoms with Crippen molar-refractivity contribution in [1.82, 2.24) is 15.1 Å². The van der Waals surface area contributed by atoms with Gasteiger partial charge in [-0.05, 0) is 16.7 Å². The Morgan fingerprint density at radius 3 is 2.72 bits per heavy atom. The fraction of sp³-hybridized carbons (Fsp3) is 0.211. The molecule has 0 fully saturated rings. The Labute approximate surface area is 146 Å². The summed E-state index contributed by atoms with van der Waals surface area (Å²) in [6.45, 7) is 0.975. The summed E-state index contributed by atoms with van der Waals surface area (Å²) in [6, 6.07) is 13.4. The molecule has 0 aliphatic carbocycles. The van der Waals surface area contributed by atoms with Gasteiger partial charge in [0.25, 0.3) is 0 Å². The van der Waals surface area contributed by atoms with Gasteiger partial charge >= 0.3 is 5.97 Å². The van der Waals surface area contributed by atoms with Crippen molar-refractivity contribution in [1.29, 1.82) is 0 Å². The minimum atomic E-state index is -0.193. The molecule has 0 saturated carbocycles. The molecule has 25 heavy (non-hydrogen) atoms. The zero-order valence-corrected chi connectivity index (χ0v) is 13.8. The zero-order chi connectivity index (χ0) is 17.3. The molecule has 6 heteroatoms. The number of hydrogen-bond donors (Lipinski definition) is 0. The number of benzene rings is 1. The van der Waals surface area contributed by atoms with Crippen molar-refractivity contribution in [3.63, 3.8) is 0 Å². The minimum Gasteiger partial charge on any atom is -0.461 e. The lowest BCUT2D eigenvalue weighted by molar-refractivity contribution is -0.754. The molecule has 0 aliphatic heterocycles. The van der Waals surface area contributed by atoms with E-state index >= 15 is 0 Å². The third kappa shape index (κ3) is 5.17. The molecule has 0 bridgehead atoms. The maximum atomic E-state index is 11.8. The van der Waals surface area contributed by atoms with Crippen LogP contribution in [-0.2, 0) is 22.7 Å². The molecule has 3 rings (SSSR count). The Kier molecular flexibility index (Phi) is 5.77. The van der Waals surface area contributed by atoms with Gasteiger partial charge in [0.2, 0.25) is 0 Å². The molecule has 2 heterocycles. The van der Waals surface area contributed by atoms with E-state index in [1.54, 1.807) is 17.1 Å². The summed E-state index contributed by atoms with van der Waals surface area (Å²) in [5.74, 6) is -0.193. The molecule has 3 aromatic rings. The first kappa shape index (κ1) is 16.7. The highest BCUT2D eigenvalue weighted by Gasteiger charge is 2.09. The summed E-state index contributed by atoms with van der Waals surface area (Å²) < 4.78 is 7.06. The maximum absolute atomic E-state index is 11.8. The van der Waals surface area contributed by atoms with Crippen molar-refractivity contribution < 1.29 is 14.2 Å². The largest absolute Gasteiger partial charge is 0.461 e. The number of carbonyl (C=O) groups is 1. The van der Waals surface area contributed by atoms with Crippen LogP contribution in [0.4, 0.5) is 0 Å². The van der Waals surface area contributed by atoms with Crippen molar-refractivity contribution in [2.75, 3.05) is 0 Å². The number of esters is 1. The van der Waals surface area contributed by atoms with E-state index < -0.39 is 0 Å². The van der Waals surface area contributed by atoms with E-state index in [0.717, 1.165) is 16.8 Å². The fourth-order valence-electron chi connectivity index (χ4n) is 2.33.